The van der Waals surface area contributed by atoms with E-state index in [1.54, 1.807) is 16.8 Å². The fourth-order valence-corrected chi connectivity index (χ4v) is 3.39. The molecule has 2 unspecified atom stereocenters. The van der Waals surface area contributed by atoms with E-state index in [4.69, 9.17) is 0 Å². The van der Waals surface area contributed by atoms with Gasteiger partial charge in [-0.15, -0.1) is 12.4 Å². The first-order valence-corrected chi connectivity index (χ1v) is 8.86. The predicted octanol–water partition coefficient (Wildman–Crippen LogP) is 3.71. The third-order valence-corrected chi connectivity index (χ3v) is 4.82. The number of halogens is 2. The molecule has 1 aromatic heterocycles. The molecule has 1 fully saturated rings. The van der Waals surface area contributed by atoms with E-state index in [9.17, 15) is 9.18 Å². The van der Waals surface area contributed by atoms with Gasteiger partial charge < -0.3 is 10.6 Å². The minimum absolute atomic E-state index is 0. The Labute approximate surface area is 159 Å². The number of anilines is 1. The van der Waals surface area contributed by atoms with E-state index in [1.165, 1.54) is 25.0 Å². The highest BCUT2D eigenvalue weighted by atomic mass is 35.5. The maximum Gasteiger partial charge on any atom is 0.225 e. The van der Waals surface area contributed by atoms with Crippen LogP contribution in [0.5, 0.6) is 0 Å². The molecule has 2 aromatic rings. The van der Waals surface area contributed by atoms with Crippen molar-refractivity contribution in [2.75, 3.05) is 18.4 Å². The number of benzene rings is 1. The Kier molecular flexibility index (Phi) is 7.17. The number of rotatable bonds is 5. The summed E-state index contributed by atoms with van der Waals surface area (Å²) < 4.78 is 14.8. The number of aromatic nitrogens is 2. The molecule has 2 N–H and O–H groups in total. The van der Waals surface area contributed by atoms with Gasteiger partial charge in [0, 0.05) is 12.5 Å². The molecule has 2 heterocycles. The molecular weight excluding hydrogens is 355 g/mol. The second kappa shape index (κ2) is 9.14. The molecule has 1 saturated heterocycles. The highest BCUT2D eigenvalue weighted by molar-refractivity contribution is 5.90. The molecule has 0 bridgehead atoms. The highest BCUT2D eigenvalue weighted by Gasteiger charge is 2.22. The van der Waals surface area contributed by atoms with Crippen molar-refractivity contribution in [3.05, 3.63) is 41.8 Å². The van der Waals surface area contributed by atoms with Gasteiger partial charge in [0.1, 0.15) is 11.6 Å². The first kappa shape index (κ1) is 20.4. The lowest BCUT2D eigenvalue weighted by Gasteiger charge is -2.28. The summed E-state index contributed by atoms with van der Waals surface area (Å²) in [6, 6.07) is 7.89. The molecule has 0 saturated carbocycles. The summed E-state index contributed by atoms with van der Waals surface area (Å²) in [7, 11) is 0. The van der Waals surface area contributed by atoms with Gasteiger partial charge in [-0.05, 0) is 69.0 Å². The summed E-state index contributed by atoms with van der Waals surface area (Å²) in [5, 5.41) is 10.8. The zero-order valence-electron chi connectivity index (χ0n) is 15.2. The molecule has 5 nitrogen and oxygen atoms in total. The molecule has 142 valence electrons. The minimum Gasteiger partial charge on any atom is -0.316 e. The van der Waals surface area contributed by atoms with Crippen molar-refractivity contribution in [1.29, 1.82) is 0 Å². The normalized spacial score (nSPS) is 18.0. The van der Waals surface area contributed by atoms with Gasteiger partial charge in [-0.25, -0.2) is 9.07 Å². The van der Waals surface area contributed by atoms with E-state index < -0.39 is 0 Å². The van der Waals surface area contributed by atoms with Gasteiger partial charge >= 0.3 is 0 Å². The minimum atomic E-state index is -0.298. The molecule has 2 atom stereocenters. The summed E-state index contributed by atoms with van der Waals surface area (Å²) >= 11 is 0. The fourth-order valence-electron chi connectivity index (χ4n) is 3.39. The van der Waals surface area contributed by atoms with Gasteiger partial charge in [0.15, 0.2) is 0 Å². The Hall–Kier alpha value is -1.92. The molecular formula is C19H26ClFN4O. The van der Waals surface area contributed by atoms with Crippen molar-refractivity contribution in [2.24, 2.45) is 11.8 Å². The first-order chi connectivity index (χ1) is 12.0. The van der Waals surface area contributed by atoms with Crippen LogP contribution < -0.4 is 10.6 Å². The number of hydrogen-bond acceptors (Lipinski definition) is 3. The Morgan fingerprint density at radius 3 is 2.81 bits per heavy atom. The van der Waals surface area contributed by atoms with Crippen molar-refractivity contribution in [3.63, 3.8) is 0 Å². The monoisotopic (exact) mass is 380 g/mol. The molecule has 0 spiro atoms. The topological polar surface area (TPSA) is 59.0 Å². The van der Waals surface area contributed by atoms with Crippen LogP contribution in [-0.4, -0.2) is 28.8 Å². The molecule has 1 aliphatic rings. The van der Waals surface area contributed by atoms with Crippen LogP contribution >= 0.6 is 12.4 Å². The summed E-state index contributed by atoms with van der Waals surface area (Å²) in [6.07, 6.45) is 2.83. The molecule has 0 aliphatic carbocycles. The Morgan fingerprint density at radius 2 is 2.15 bits per heavy atom. The summed E-state index contributed by atoms with van der Waals surface area (Å²) in [5.74, 6) is 1.18. The zero-order valence-corrected chi connectivity index (χ0v) is 16.0. The van der Waals surface area contributed by atoms with Crippen molar-refractivity contribution in [2.45, 2.75) is 33.1 Å². The number of carbonyl (C=O) groups excluding carboxylic acids is 1. The quantitative estimate of drug-likeness (QED) is 0.831. The predicted molar refractivity (Wildman–Crippen MR) is 104 cm³/mol. The lowest BCUT2D eigenvalue weighted by Crippen LogP contribution is -2.34. The van der Waals surface area contributed by atoms with Crippen molar-refractivity contribution < 1.29 is 9.18 Å². The van der Waals surface area contributed by atoms with Crippen LogP contribution in [0.2, 0.25) is 0 Å². The van der Waals surface area contributed by atoms with Crippen molar-refractivity contribution >= 4 is 24.1 Å². The van der Waals surface area contributed by atoms with E-state index in [0.29, 0.717) is 29.8 Å². The van der Waals surface area contributed by atoms with Crippen molar-refractivity contribution in [3.8, 4) is 5.69 Å². The lowest BCUT2D eigenvalue weighted by atomic mass is 9.85. The SMILES string of the molecule is Cc1cc(NC(=O)CC(C)C2CCCNC2)n(-c2ccc(F)cc2)n1.Cl. The van der Waals surface area contributed by atoms with E-state index in [0.717, 1.165) is 18.8 Å². The van der Waals surface area contributed by atoms with Crippen molar-refractivity contribution in [1.82, 2.24) is 15.1 Å². The van der Waals surface area contributed by atoms with Gasteiger partial charge in [0.2, 0.25) is 5.91 Å². The van der Waals surface area contributed by atoms with Gasteiger partial charge in [-0.1, -0.05) is 6.92 Å². The third-order valence-electron chi connectivity index (χ3n) is 4.82. The smallest absolute Gasteiger partial charge is 0.225 e. The first-order valence-electron chi connectivity index (χ1n) is 8.86. The average Bonchev–Trinajstić information content (AvgIpc) is 2.96. The van der Waals surface area contributed by atoms with Crippen LogP contribution in [0.25, 0.3) is 5.69 Å². The molecule has 1 aliphatic heterocycles. The molecule has 1 aromatic carbocycles. The Balaban J connectivity index is 0.00000243. The zero-order chi connectivity index (χ0) is 17.8. The van der Waals surface area contributed by atoms with E-state index in [2.05, 4.69) is 22.7 Å². The standard InChI is InChI=1S/C19H25FN4O.ClH/c1-13(15-4-3-9-21-12-15)10-19(25)22-18-11-14(2)23-24(18)17-7-5-16(20)6-8-17;/h5-8,11,13,15,21H,3-4,9-10,12H2,1-2H3,(H,22,25);1H. The number of nitrogens with one attached hydrogen (secondary N) is 2. The highest BCUT2D eigenvalue weighted by Crippen LogP contribution is 2.24. The van der Waals surface area contributed by atoms with Crippen LogP contribution in [0.15, 0.2) is 30.3 Å². The van der Waals surface area contributed by atoms with Crippen LogP contribution in [0.4, 0.5) is 10.2 Å². The van der Waals surface area contributed by atoms with E-state index in [-0.39, 0.29) is 24.1 Å². The Morgan fingerprint density at radius 1 is 1.42 bits per heavy atom. The number of piperidine rings is 1. The van der Waals surface area contributed by atoms with Gasteiger partial charge in [-0.2, -0.15) is 5.10 Å². The number of hydrogen-bond donors (Lipinski definition) is 2. The molecule has 3 rings (SSSR count). The second-order valence-electron chi connectivity index (χ2n) is 6.90. The molecule has 7 heteroatoms. The van der Waals surface area contributed by atoms with Crippen LogP contribution in [0.3, 0.4) is 0 Å². The van der Waals surface area contributed by atoms with E-state index >= 15 is 0 Å². The van der Waals surface area contributed by atoms with Gasteiger partial charge in [0.05, 0.1) is 11.4 Å². The van der Waals surface area contributed by atoms with Crippen LogP contribution in [0, 0.1) is 24.6 Å². The van der Waals surface area contributed by atoms with Crippen LogP contribution in [-0.2, 0) is 4.79 Å². The number of aryl methyl sites for hydroxylation is 1. The Bertz CT molecular complexity index is 726. The number of amides is 1. The maximum atomic E-state index is 13.1. The lowest BCUT2D eigenvalue weighted by molar-refractivity contribution is -0.117. The average molecular weight is 381 g/mol. The molecule has 26 heavy (non-hydrogen) atoms. The van der Waals surface area contributed by atoms with Gasteiger partial charge in [-0.3, -0.25) is 4.79 Å². The number of nitrogens with zero attached hydrogens (tertiary/aromatic N) is 2. The third kappa shape index (κ3) is 5.05. The fraction of sp³-hybridized carbons (Fsp3) is 0.474. The van der Waals surface area contributed by atoms with E-state index in [1.807, 2.05) is 13.0 Å². The second-order valence-corrected chi connectivity index (χ2v) is 6.90. The van der Waals surface area contributed by atoms with Crippen LogP contribution in [0.1, 0.15) is 31.9 Å². The summed E-state index contributed by atoms with van der Waals surface area (Å²) in [4.78, 5) is 12.5. The maximum absolute atomic E-state index is 13.1. The molecule has 0 radical (unpaired) electrons. The largest absolute Gasteiger partial charge is 0.316 e. The summed E-state index contributed by atoms with van der Waals surface area (Å²) in [6.45, 7) is 6.07. The van der Waals surface area contributed by atoms with Gasteiger partial charge in [0.25, 0.3) is 0 Å². The number of carbonyl (C=O) groups is 1. The molecule has 1 amide bonds. The summed E-state index contributed by atoms with van der Waals surface area (Å²) in [5.41, 5.74) is 1.51.